The molecule has 0 fully saturated rings. The van der Waals surface area contributed by atoms with Crippen molar-refractivity contribution in [1.29, 1.82) is 0 Å². The van der Waals surface area contributed by atoms with E-state index >= 15 is 0 Å². The van der Waals surface area contributed by atoms with Crippen LogP contribution in [0.25, 0.3) is 0 Å². The van der Waals surface area contributed by atoms with E-state index in [9.17, 15) is 18.9 Å². The number of pyridine rings is 1. The molecule has 0 aliphatic rings. The summed E-state index contributed by atoms with van der Waals surface area (Å²) in [7, 11) is 0. The molecular weight excluding hydrogens is 256 g/mol. The molecule has 0 atom stereocenters. The van der Waals surface area contributed by atoms with Crippen LogP contribution in [0.1, 0.15) is 5.56 Å². The van der Waals surface area contributed by atoms with Gasteiger partial charge in [0.1, 0.15) is 0 Å². The predicted octanol–water partition coefficient (Wildman–Crippen LogP) is 2.88. The lowest BCUT2D eigenvalue weighted by atomic mass is 10.2. The minimum absolute atomic E-state index is 0.106. The van der Waals surface area contributed by atoms with Gasteiger partial charge < -0.3 is 5.32 Å². The predicted molar refractivity (Wildman–Crippen MR) is 64.6 cm³/mol. The smallest absolute Gasteiger partial charge is 0.295 e. The highest BCUT2D eigenvalue weighted by Crippen LogP contribution is 2.29. The van der Waals surface area contributed by atoms with Crippen LogP contribution in [0.15, 0.2) is 36.7 Å². The van der Waals surface area contributed by atoms with E-state index in [1.807, 2.05) is 0 Å². The first-order valence-corrected chi connectivity index (χ1v) is 5.34. The van der Waals surface area contributed by atoms with Crippen LogP contribution in [0, 0.1) is 21.7 Å². The van der Waals surface area contributed by atoms with Crippen molar-refractivity contribution >= 4 is 11.4 Å². The van der Waals surface area contributed by atoms with E-state index in [0.717, 1.165) is 12.1 Å². The summed E-state index contributed by atoms with van der Waals surface area (Å²) >= 11 is 0. The van der Waals surface area contributed by atoms with Gasteiger partial charge in [-0.1, -0.05) is 6.07 Å². The molecule has 0 bridgehead atoms. The average molecular weight is 265 g/mol. The van der Waals surface area contributed by atoms with Gasteiger partial charge in [-0.2, -0.15) is 0 Å². The van der Waals surface area contributed by atoms with E-state index in [1.54, 1.807) is 18.3 Å². The Morgan fingerprint density at radius 2 is 2.11 bits per heavy atom. The Labute approximate surface area is 107 Å². The number of rotatable bonds is 4. The highest BCUT2D eigenvalue weighted by molar-refractivity contribution is 5.62. The standard InChI is InChI=1S/C12H9F2N3O2/c13-9-3-4-10(17(18)19)12(11(9)14)16-7-8-2-1-5-15-6-8/h1-6,16H,7H2. The van der Waals surface area contributed by atoms with Crippen LogP contribution in [0.5, 0.6) is 0 Å². The van der Waals surface area contributed by atoms with Gasteiger partial charge in [0.05, 0.1) is 4.92 Å². The molecule has 0 spiro atoms. The van der Waals surface area contributed by atoms with Gasteiger partial charge in [0.15, 0.2) is 17.3 Å². The molecule has 0 aliphatic carbocycles. The number of nitro groups is 1. The molecule has 98 valence electrons. The number of halogens is 2. The maximum atomic E-state index is 13.6. The monoisotopic (exact) mass is 265 g/mol. The molecule has 0 saturated heterocycles. The number of nitrogens with zero attached hydrogens (tertiary/aromatic N) is 2. The Morgan fingerprint density at radius 1 is 1.32 bits per heavy atom. The zero-order valence-corrected chi connectivity index (χ0v) is 9.64. The summed E-state index contributed by atoms with van der Waals surface area (Å²) in [6.45, 7) is 0.106. The highest BCUT2D eigenvalue weighted by Gasteiger charge is 2.21. The fourth-order valence-electron chi connectivity index (χ4n) is 1.55. The Bertz CT molecular complexity index is 605. The fourth-order valence-corrected chi connectivity index (χ4v) is 1.55. The first kappa shape index (κ1) is 12.9. The Morgan fingerprint density at radius 3 is 2.74 bits per heavy atom. The van der Waals surface area contributed by atoms with E-state index in [-0.39, 0.29) is 6.54 Å². The molecule has 0 aliphatic heterocycles. The molecule has 7 heteroatoms. The molecule has 1 heterocycles. The largest absolute Gasteiger partial charge is 0.373 e. The zero-order valence-electron chi connectivity index (χ0n) is 9.64. The average Bonchev–Trinajstić information content (AvgIpc) is 2.41. The van der Waals surface area contributed by atoms with E-state index in [4.69, 9.17) is 0 Å². The Hall–Kier alpha value is -2.57. The molecule has 5 nitrogen and oxygen atoms in total. The summed E-state index contributed by atoms with van der Waals surface area (Å²) in [6.07, 6.45) is 3.09. The summed E-state index contributed by atoms with van der Waals surface area (Å²) < 4.78 is 26.7. The number of nitro benzene ring substituents is 1. The summed E-state index contributed by atoms with van der Waals surface area (Å²) in [5.41, 5.74) is -0.280. The highest BCUT2D eigenvalue weighted by atomic mass is 19.2. The minimum atomic E-state index is -1.27. The maximum absolute atomic E-state index is 13.6. The molecule has 2 rings (SSSR count). The van der Waals surface area contributed by atoms with E-state index in [2.05, 4.69) is 10.3 Å². The van der Waals surface area contributed by atoms with Gasteiger partial charge >= 0.3 is 0 Å². The van der Waals surface area contributed by atoms with Gasteiger partial charge in [0, 0.05) is 25.0 Å². The Balaban J connectivity index is 2.28. The van der Waals surface area contributed by atoms with E-state index < -0.39 is 27.9 Å². The van der Waals surface area contributed by atoms with Crippen molar-refractivity contribution in [3.05, 3.63) is 64.0 Å². The fraction of sp³-hybridized carbons (Fsp3) is 0.0833. The minimum Gasteiger partial charge on any atom is -0.373 e. The summed E-state index contributed by atoms with van der Waals surface area (Å²) in [5.74, 6) is -2.41. The number of anilines is 1. The third-order valence-electron chi connectivity index (χ3n) is 2.46. The van der Waals surface area contributed by atoms with Crippen molar-refractivity contribution < 1.29 is 13.7 Å². The van der Waals surface area contributed by atoms with Crippen molar-refractivity contribution in [2.45, 2.75) is 6.54 Å². The van der Waals surface area contributed by atoms with Crippen LogP contribution < -0.4 is 5.32 Å². The second kappa shape index (κ2) is 5.38. The second-order valence-electron chi connectivity index (χ2n) is 3.73. The third-order valence-corrected chi connectivity index (χ3v) is 2.46. The molecule has 1 N–H and O–H groups in total. The van der Waals surface area contributed by atoms with Crippen LogP contribution in [-0.4, -0.2) is 9.91 Å². The summed E-state index contributed by atoms with van der Waals surface area (Å²) in [5, 5.41) is 13.3. The second-order valence-corrected chi connectivity index (χ2v) is 3.73. The van der Waals surface area contributed by atoms with Crippen molar-refractivity contribution in [2.24, 2.45) is 0 Å². The first-order chi connectivity index (χ1) is 9.09. The molecule has 1 aromatic heterocycles. The van der Waals surface area contributed by atoms with Crippen molar-refractivity contribution in [1.82, 2.24) is 4.98 Å². The van der Waals surface area contributed by atoms with E-state index in [0.29, 0.717) is 5.56 Å². The lowest BCUT2D eigenvalue weighted by Crippen LogP contribution is -2.06. The van der Waals surface area contributed by atoms with Gasteiger partial charge in [-0.3, -0.25) is 15.1 Å². The van der Waals surface area contributed by atoms with Gasteiger partial charge in [-0.25, -0.2) is 8.78 Å². The Kier molecular flexibility index (Phi) is 3.65. The number of hydrogen-bond donors (Lipinski definition) is 1. The maximum Gasteiger partial charge on any atom is 0.295 e. The number of nitrogens with one attached hydrogen (secondary N) is 1. The van der Waals surface area contributed by atoms with Gasteiger partial charge in [0.25, 0.3) is 5.69 Å². The van der Waals surface area contributed by atoms with Crippen LogP contribution >= 0.6 is 0 Å². The van der Waals surface area contributed by atoms with Gasteiger partial charge in [-0.05, 0) is 17.7 Å². The summed E-state index contributed by atoms with van der Waals surface area (Å²) in [6, 6.07) is 5.03. The molecule has 0 saturated carbocycles. The zero-order chi connectivity index (χ0) is 13.8. The van der Waals surface area contributed by atoms with E-state index in [1.165, 1.54) is 6.20 Å². The van der Waals surface area contributed by atoms with Crippen LogP contribution in [0.2, 0.25) is 0 Å². The molecule has 2 aromatic rings. The van der Waals surface area contributed by atoms with Crippen LogP contribution in [-0.2, 0) is 6.54 Å². The third kappa shape index (κ3) is 2.82. The first-order valence-electron chi connectivity index (χ1n) is 5.34. The van der Waals surface area contributed by atoms with Crippen molar-refractivity contribution in [3.63, 3.8) is 0 Å². The lowest BCUT2D eigenvalue weighted by molar-refractivity contribution is -0.384. The SMILES string of the molecule is O=[N+]([O-])c1ccc(F)c(F)c1NCc1cccnc1. The summed E-state index contributed by atoms with van der Waals surface area (Å²) in [4.78, 5) is 13.8. The molecule has 1 aromatic carbocycles. The van der Waals surface area contributed by atoms with Crippen LogP contribution in [0.3, 0.4) is 0 Å². The topological polar surface area (TPSA) is 68.1 Å². The number of aromatic nitrogens is 1. The molecule has 0 amide bonds. The van der Waals surface area contributed by atoms with Crippen LogP contribution in [0.4, 0.5) is 20.2 Å². The molecule has 19 heavy (non-hydrogen) atoms. The normalized spacial score (nSPS) is 10.2. The molecule has 0 radical (unpaired) electrons. The van der Waals surface area contributed by atoms with Crippen molar-refractivity contribution in [2.75, 3.05) is 5.32 Å². The quantitative estimate of drug-likeness (QED) is 0.681. The molecular formula is C12H9F2N3O2. The van der Waals surface area contributed by atoms with Gasteiger partial charge in [-0.15, -0.1) is 0 Å². The molecule has 0 unspecified atom stereocenters. The number of benzene rings is 1. The van der Waals surface area contributed by atoms with Crippen molar-refractivity contribution in [3.8, 4) is 0 Å². The van der Waals surface area contributed by atoms with Gasteiger partial charge in [0.2, 0.25) is 0 Å². The lowest BCUT2D eigenvalue weighted by Gasteiger charge is -2.08. The number of hydrogen-bond acceptors (Lipinski definition) is 4.